The quantitative estimate of drug-likeness (QED) is 0.594. The van der Waals surface area contributed by atoms with Crippen LogP contribution in [0.1, 0.15) is 13.3 Å². The van der Waals surface area contributed by atoms with E-state index in [4.69, 9.17) is 10.8 Å². The molecule has 0 amide bonds. The van der Waals surface area contributed by atoms with Crippen molar-refractivity contribution >= 4 is 5.97 Å². The van der Waals surface area contributed by atoms with Gasteiger partial charge in [0.15, 0.2) is 0 Å². The van der Waals surface area contributed by atoms with Gasteiger partial charge in [-0.2, -0.15) is 0 Å². The SMILES string of the molecule is CC(C[C@H](N)C(=O)O)N(C)C. The Morgan fingerprint density at radius 1 is 1.64 bits per heavy atom. The highest BCUT2D eigenvalue weighted by Crippen LogP contribution is 2.00. The first-order chi connectivity index (χ1) is 4.95. The molecule has 11 heavy (non-hydrogen) atoms. The summed E-state index contributed by atoms with van der Waals surface area (Å²) >= 11 is 0. The molecule has 0 aliphatic rings. The van der Waals surface area contributed by atoms with Gasteiger partial charge in [-0.25, -0.2) is 0 Å². The molecule has 0 aromatic rings. The first-order valence-corrected chi connectivity index (χ1v) is 3.60. The predicted octanol–water partition coefficient (Wildman–Crippen LogP) is -0.261. The maximum Gasteiger partial charge on any atom is 0.320 e. The Morgan fingerprint density at radius 3 is 2.36 bits per heavy atom. The lowest BCUT2D eigenvalue weighted by atomic mass is 10.1. The summed E-state index contributed by atoms with van der Waals surface area (Å²) in [5, 5.41) is 8.47. The topological polar surface area (TPSA) is 66.6 Å². The molecule has 0 rings (SSSR count). The number of hydrogen-bond acceptors (Lipinski definition) is 3. The van der Waals surface area contributed by atoms with Crippen LogP contribution in [0, 0.1) is 0 Å². The van der Waals surface area contributed by atoms with E-state index < -0.39 is 12.0 Å². The number of hydrogen-bond donors (Lipinski definition) is 2. The number of nitrogens with two attached hydrogens (primary N) is 1. The van der Waals surface area contributed by atoms with Crippen LogP contribution >= 0.6 is 0 Å². The molecule has 2 atom stereocenters. The van der Waals surface area contributed by atoms with Crippen molar-refractivity contribution in [2.45, 2.75) is 25.4 Å². The average molecular weight is 160 g/mol. The van der Waals surface area contributed by atoms with E-state index in [0.717, 1.165) is 0 Å². The molecular weight excluding hydrogens is 144 g/mol. The standard InChI is InChI=1S/C7H16N2O2/c1-5(9(2)3)4-6(8)7(10)11/h5-6H,4,8H2,1-3H3,(H,10,11)/t5?,6-/m0/s1. The van der Waals surface area contributed by atoms with Crippen molar-refractivity contribution < 1.29 is 9.90 Å². The lowest BCUT2D eigenvalue weighted by Gasteiger charge is -2.21. The van der Waals surface area contributed by atoms with Crippen LogP contribution in [0.25, 0.3) is 0 Å². The van der Waals surface area contributed by atoms with E-state index in [1.54, 1.807) is 0 Å². The van der Waals surface area contributed by atoms with Crippen LogP contribution < -0.4 is 5.73 Å². The monoisotopic (exact) mass is 160 g/mol. The Morgan fingerprint density at radius 2 is 2.09 bits per heavy atom. The number of rotatable bonds is 4. The number of nitrogens with zero attached hydrogens (tertiary/aromatic N) is 1. The molecule has 66 valence electrons. The average Bonchev–Trinajstić information content (AvgIpc) is 1.87. The van der Waals surface area contributed by atoms with Gasteiger partial charge in [-0.05, 0) is 27.4 Å². The van der Waals surface area contributed by atoms with Crippen molar-refractivity contribution in [3.8, 4) is 0 Å². The van der Waals surface area contributed by atoms with Crippen molar-refractivity contribution in [1.82, 2.24) is 4.90 Å². The fraction of sp³-hybridized carbons (Fsp3) is 0.857. The molecule has 0 aromatic heterocycles. The van der Waals surface area contributed by atoms with Crippen LogP contribution in [-0.2, 0) is 4.79 Å². The van der Waals surface area contributed by atoms with Crippen molar-refractivity contribution in [2.24, 2.45) is 5.73 Å². The van der Waals surface area contributed by atoms with Gasteiger partial charge < -0.3 is 15.7 Å². The van der Waals surface area contributed by atoms with Crippen molar-refractivity contribution in [3.05, 3.63) is 0 Å². The molecule has 1 unspecified atom stereocenters. The molecule has 0 aliphatic carbocycles. The van der Waals surface area contributed by atoms with E-state index in [1.165, 1.54) is 0 Å². The second-order valence-electron chi connectivity index (χ2n) is 2.99. The van der Waals surface area contributed by atoms with E-state index in [9.17, 15) is 4.79 Å². The van der Waals surface area contributed by atoms with E-state index in [-0.39, 0.29) is 6.04 Å². The summed E-state index contributed by atoms with van der Waals surface area (Å²) in [6, 6.07) is -0.534. The van der Waals surface area contributed by atoms with Crippen LogP contribution in [0.3, 0.4) is 0 Å². The normalized spacial score (nSPS) is 16.5. The summed E-state index contributed by atoms with van der Waals surface area (Å²) < 4.78 is 0. The predicted molar refractivity (Wildman–Crippen MR) is 43.4 cm³/mol. The van der Waals surface area contributed by atoms with Crippen molar-refractivity contribution in [2.75, 3.05) is 14.1 Å². The summed E-state index contributed by atoms with van der Waals surface area (Å²) in [7, 11) is 3.80. The summed E-state index contributed by atoms with van der Waals surface area (Å²) in [6.07, 6.45) is 0.488. The molecule has 0 aromatic carbocycles. The molecule has 0 heterocycles. The molecule has 0 saturated heterocycles. The third-order valence-corrected chi connectivity index (χ3v) is 1.79. The van der Waals surface area contributed by atoms with Gasteiger partial charge in [0.25, 0.3) is 0 Å². The third-order valence-electron chi connectivity index (χ3n) is 1.79. The molecule has 3 N–H and O–H groups in total. The van der Waals surface area contributed by atoms with Crippen LogP contribution in [0.5, 0.6) is 0 Å². The smallest absolute Gasteiger partial charge is 0.320 e. The summed E-state index contributed by atoms with van der Waals surface area (Å²) in [6.45, 7) is 1.95. The fourth-order valence-electron chi connectivity index (χ4n) is 0.679. The minimum atomic E-state index is -0.932. The second kappa shape index (κ2) is 4.31. The van der Waals surface area contributed by atoms with Crippen LogP contribution in [0.15, 0.2) is 0 Å². The van der Waals surface area contributed by atoms with E-state index in [2.05, 4.69) is 0 Å². The highest BCUT2D eigenvalue weighted by atomic mass is 16.4. The molecular formula is C7H16N2O2. The maximum absolute atomic E-state index is 10.3. The Bertz CT molecular complexity index is 136. The number of carbonyl (C=O) groups is 1. The zero-order valence-electron chi connectivity index (χ0n) is 7.24. The highest BCUT2D eigenvalue weighted by molar-refractivity contribution is 5.73. The lowest BCUT2D eigenvalue weighted by Crippen LogP contribution is -2.37. The minimum absolute atomic E-state index is 0.209. The minimum Gasteiger partial charge on any atom is -0.480 e. The van der Waals surface area contributed by atoms with Crippen molar-refractivity contribution in [1.29, 1.82) is 0 Å². The van der Waals surface area contributed by atoms with E-state index in [1.807, 2.05) is 25.9 Å². The van der Waals surface area contributed by atoms with Crippen LogP contribution in [0.2, 0.25) is 0 Å². The summed E-state index contributed by atoms with van der Waals surface area (Å²) in [5.41, 5.74) is 5.33. The summed E-state index contributed by atoms with van der Waals surface area (Å²) in [4.78, 5) is 12.3. The maximum atomic E-state index is 10.3. The zero-order valence-corrected chi connectivity index (χ0v) is 7.24. The van der Waals surface area contributed by atoms with Crippen LogP contribution in [-0.4, -0.2) is 42.2 Å². The molecule has 4 nitrogen and oxygen atoms in total. The summed E-state index contributed by atoms with van der Waals surface area (Å²) in [5.74, 6) is -0.932. The highest BCUT2D eigenvalue weighted by Gasteiger charge is 2.16. The van der Waals surface area contributed by atoms with Crippen molar-refractivity contribution in [3.63, 3.8) is 0 Å². The Labute approximate surface area is 67.0 Å². The Hall–Kier alpha value is -0.610. The van der Waals surface area contributed by atoms with Gasteiger partial charge in [0, 0.05) is 6.04 Å². The molecule has 0 fully saturated rings. The number of carboxylic acid groups (broad SMARTS) is 1. The van der Waals surface area contributed by atoms with Gasteiger partial charge in [-0.1, -0.05) is 0 Å². The van der Waals surface area contributed by atoms with E-state index in [0.29, 0.717) is 6.42 Å². The molecule has 0 radical (unpaired) electrons. The third kappa shape index (κ3) is 3.95. The second-order valence-corrected chi connectivity index (χ2v) is 2.99. The van der Waals surface area contributed by atoms with Gasteiger partial charge in [0.05, 0.1) is 0 Å². The largest absolute Gasteiger partial charge is 0.480 e. The number of carboxylic acids is 1. The first-order valence-electron chi connectivity index (χ1n) is 3.60. The number of aliphatic carboxylic acids is 1. The zero-order chi connectivity index (χ0) is 9.02. The Kier molecular flexibility index (Phi) is 4.07. The lowest BCUT2D eigenvalue weighted by molar-refractivity contribution is -0.138. The van der Waals surface area contributed by atoms with E-state index >= 15 is 0 Å². The molecule has 4 heteroatoms. The van der Waals surface area contributed by atoms with Gasteiger partial charge in [0.2, 0.25) is 0 Å². The molecule has 0 bridgehead atoms. The van der Waals surface area contributed by atoms with Gasteiger partial charge in [-0.3, -0.25) is 4.79 Å². The molecule has 0 aliphatic heterocycles. The molecule has 0 saturated carbocycles. The van der Waals surface area contributed by atoms with Gasteiger partial charge in [-0.15, -0.1) is 0 Å². The Balaban J connectivity index is 3.75. The molecule has 0 spiro atoms. The van der Waals surface area contributed by atoms with Crippen LogP contribution in [0.4, 0.5) is 0 Å². The van der Waals surface area contributed by atoms with Gasteiger partial charge >= 0.3 is 5.97 Å². The fourth-order valence-corrected chi connectivity index (χ4v) is 0.679. The first kappa shape index (κ1) is 10.4. The van der Waals surface area contributed by atoms with Gasteiger partial charge in [0.1, 0.15) is 6.04 Å².